The molecule has 0 aliphatic heterocycles. The molecule has 2 atom stereocenters. The molecule has 1 aliphatic carbocycles. The molecule has 0 aromatic carbocycles. The smallest absolute Gasteiger partial charge is 0.0947 e. The average molecular weight is 222 g/mol. The Balaban J connectivity index is 1.76. The summed E-state index contributed by atoms with van der Waals surface area (Å²) in [6.07, 6.45) is 8.38. The lowest BCUT2D eigenvalue weighted by atomic mass is 9.77. The summed E-state index contributed by atoms with van der Waals surface area (Å²) >= 11 is 0. The molecule has 1 saturated carbocycles. The Hall–Kier alpha value is -0.800. The molecule has 1 fully saturated rings. The highest BCUT2D eigenvalue weighted by atomic mass is 16.3. The van der Waals surface area contributed by atoms with Gasteiger partial charge in [-0.1, -0.05) is 19.8 Å². The molecule has 1 aromatic rings. The molecule has 0 radical (unpaired) electrons. The summed E-state index contributed by atoms with van der Waals surface area (Å²) in [7, 11) is 0. The van der Waals surface area contributed by atoms with Crippen LogP contribution in [0.5, 0.6) is 0 Å². The zero-order chi connectivity index (χ0) is 11.4. The average Bonchev–Trinajstić information content (AvgIpc) is 2.69. The zero-order valence-electron chi connectivity index (χ0n) is 10.0. The molecule has 3 heteroatoms. The molecule has 1 aromatic heterocycles. The minimum Gasteiger partial charge on any atom is -0.472 e. The number of nitrogens with one attached hydrogen (secondary N) is 1. The highest BCUT2D eigenvalue weighted by molar-refractivity contribution is 5.05. The SMILES string of the molecule is CC1CCCC(N)(CNCc2ccoc2)C1. The van der Waals surface area contributed by atoms with Gasteiger partial charge in [-0.05, 0) is 24.8 Å². The van der Waals surface area contributed by atoms with Crippen LogP contribution in [0.25, 0.3) is 0 Å². The van der Waals surface area contributed by atoms with Crippen LogP contribution in [0.2, 0.25) is 0 Å². The fourth-order valence-electron chi connectivity index (χ4n) is 2.71. The monoisotopic (exact) mass is 222 g/mol. The standard InChI is InChI=1S/C13H22N2O/c1-11-3-2-5-13(14,7-11)10-15-8-12-4-6-16-9-12/h4,6,9,11,15H,2-3,5,7-8,10,14H2,1H3. The summed E-state index contributed by atoms with van der Waals surface area (Å²) in [5.41, 5.74) is 7.59. The summed E-state index contributed by atoms with van der Waals surface area (Å²) < 4.78 is 5.03. The number of rotatable bonds is 4. The van der Waals surface area contributed by atoms with Gasteiger partial charge in [0.2, 0.25) is 0 Å². The van der Waals surface area contributed by atoms with Crippen molar-refractivity contribution >= 4 is 0 Å². The van der Waals surface area contributed by atoms with Crippen molar-refractivity contribution in [2.45, 2.75) is 44.7 Å². The van der Waals surface area contributed by atoms with Gasteiger partial charge in [0.1, 0.15) is 0 Å². The Kier molecular flexibility index (Phi) is 3.66. The van der Waals surface area contributed by atoms with Gasteiger partial charge in [-0.3, -0.25) is 0 Å². The maximum Gasteiger partial charge on any atom is 0.0947 e. The van der Waals surface area contributed by atoms with Gasteiger partial charge in [0.15, 0.2) is 0 Å². The minimum absolute atomic E-state index is 0.00139. The van der Waals surface area contributed by atoms with Crippen molar-refractivity contribution in [2.75, 3.05) is 6.54 Å². The summed E-state index contributed by atoms with van der Waals surface area (Å²) in [6, 6.07) is 1.99. The van der Waals surface area contributed by atoms with Crippen LogP contribution in [0.1, 0.15) is 38.2 Å². The predicted molar refractivity (Wildman–Crippen MR) is 65.0 cm³/mol. The van der Waals surface area contributed by atoms with Crippen LogP contribution in [-0.4, -0.2) is 12.1 Å². The molecule has 1 heterocycles. The number of hydrogen-bond acceptors (Lipinski definition) is 3. The summed E-state index contributed by atoms with van der Waals surface area (Å²) in [5.74, 6) is 0.773. The van der Waals surface area contributed by atoms with E-state index in [4.69, 9.17) is 10.2 Å². The summed E-state index contributed by atoms with van der Waals surface area (Å²) in [6.45, 7) is 4.06. The first-order valence-corrected chi connectivity index (χ1v) is 6.19. The van der Waals surface area contributed by atoms with Crippen molar-refractivity contribution in [2.24, 2.45) is 11.7 Å². The predicted octanol–water partition coefficient (Wildman–Crippen LogP) is 2.28. The summed E-state index contributed by atoms with van der Waals surface area (Å²) in [5, 5.41) is 3.43. The molecule has 3 N–H and O–H groups in total. The maximum absolute atomic E-state index is 6.40. The van der Waals surface area contributed by atoms with Crippen molar-refractivity contribution in [3.05, 3.63) is 24.2 Å². The molecule has 2 rings (SSSR count). The van der Waals surface area contributed by atoms with Crippen molar-refractivity contribution in [3.8, 4) is 0 Å². The minimum atomic E-state index is 0.00139. The van der Waals surface area contributed by atoms with E-state index in [1.54, 1.807) is 12.5 Å². The lowest BCUT2D eigenvalue weighted by Crippen LogP contribution is -2.51. The van der Waals surface area contributed by atoms with E-state index in [2.05, 4.69) is 12.2 Å². The number of nitrogens with two attached hydrogens (primary N) is 1. The first kappa shape index (κ1) is 11.7. The Labute approximate surface area is 97.4 Å². The highest BCUT2D eigenvalue weighted by Crippen LogP contribution is 2.29. The van der Waals surface area contributed by atoms with Crippen LogP contribution in [0.3, 0.4) is 0 Å². The van der Waals surface area contributed by atoms with Crippen molar-refractivity contribution in [1.29, 1.82) is 0 Å². The fraction of sp³-hybridized carbons (Fsp3) is 0.692. The first-order valence-electron chi connectivity index (χ1n) is 6.19. The van der Waals surface area contributed by atoms with Gasteiger partial charge in [-0.15, -0.1) is 0 Å². The Bertz CT molecular complexity index is 310. The molecule has 3 nitrogen and oxygen atoms in total. The van der Waals surface area contributed by atoms with Gasteiger partial charge in [0.05, 0.1) is 12.5 Å². The topological polar surface area (TPSA) is 51.2 Å². The van der Waals surface area contributed by atoms with E-state index in [1.165, 1.54) is 18.4 Å². The summed E-state index contributed by atoms with van der Waals surface area (Å²) in [4.78, 5) is 0. The molecular formula is C13H22N2O. The van der Waals surface area contributed by atoms with E-state index in [9.17, 15) is 0 Å². The van der Waals surface area contributed by atoms with Gasteiger partial charge in [-0.2, -0.15) is 0 Å². The third kappa shape index (κ3) is 3.09. The van der Waals surface area contributed by atoms with Gasteiger partial charge in [-0.25, -0.2) is 0 Å². The van der Waals surface area contributed by atoms with Crippen LogP contribution in [-0.2, 0) is 6.54 Å². The number of furan rings is 1. The maximum atomic E-state index is 6.40. The van der Waals surface area contributed by atoms with E-state index in [0.717, 1.165) is 31.8 Å². The van der Waals surface area contributed by atoms with Crippen LogP contribution < -0.4 is 11.1 Å². The molecule has 0 amide bonds. The van der Waals surface area contributed by atoms with Gasteiger partial charge in [0.25, 0.3) is 0 Å². The Morgan fingerprint density at radius 1 is 1.62 bits per heavy atom. The lowest BCUT2D eigenvalue weighted by molar-refractivity contribution is 0.229. The second-order valence-electron chi connectivity index (χ2n) is 5.30. The van der Waals surface area contributed by atoms with E-state index < -0.39 is 0 Å². The quantitative estimate of drug-likeness (QED) is 0.821. The first-order chi connectivity index (χ1) is 7.68. The van der Waals surface area contributed by atoms with E-state index in [-0.39, 0.29) is 5.54 Å². The molecule has 0 bridgehead atoms. The molecule has 2 unspecified atom stereocenters. The van der Waals surface area contributed by atoms with Gasteiger partial charge < -0.3 is 15.5 Å². The third-order valence-corrected chi connectivity index (χ3v) is 3.51. The lowest BCUT2D eigenvalue weighted by Gasteiger charge is -2.37. The van der Waals surface area contributed by atoms with Crippen molar-refractivity contribution in [3.63, 3.8) is 0 Å². The molecule has 0 saturated heterocycles. The molecule has 0 spiro atoms. The molecule has 1 aliphatic rings. The van der Waals surface area contributed by atoms with Gasteiger partial charge in [0, 0.05) is 24.2 Å². The van der Waals surface area contributed by atoms with Crippen LogP contribution in [0.15, 0.2) is 23.0 Å². The van der Waals surface area contributed by atoms with Crippen LogP contribution >= 0.6 is 0 Å². The largest absolute Gasteiger partial charge is 0.472 e. The Morgan fingerprint density at radius 2 is 2.50 bits per heavy atom. The Morgan fingerprint density at radius 3 is 3.19 bits per heavy atom. The molecular weight excluding hydrogens is 200 g/mol. The van der Waals surface area contributed by atoms with E-state index in [1.807, 2.05) is 6.07 Å². The second kappa shape index (κ2) is 5.02. The van der Waals surface area contributed by atoms with E-state index >= 15 is 0 Å². The van der Waals surface area contributed by atoms with Crippen LogP contribution in [0.4, 0.5) is 0 Å². The molecule has 16 heavy (non-hydrogen) atoms. The number of hydrogen-bond donors (Lipinski definition) is 2. The third-order valence-electron chi connectivity index (χ3n) is 3.51. The van der Waals surface area contributed by atoms with Crippen LogP contribution in [0, 0.1) is 5.92 Å². The highest BCUT2D eigenvalue weighted by Gasteiger charge is 2.30. The van der Waals surface area contributed by atoms with Crippen molar-refractivity contribution < 1.29 is 4.42 Å². The normalized spacial score (nSPS) is 30.5. The fourth-order valence-corrected chi connectivity index (χ4v) is 2.71. The van der Waals surface area contributed by atoms with Gasteiger partial charge >= 0.3 is 0 Å². The van der Waals surface area contributed by atoms with E-state index in [0.29, 0.717) is 0 Å². The zero-order valence-corrected chi connectivity index (χ0v) is 10.0. The van der Waals surface area contributed by atoms with Crippen molar-refractivity contribution in [1.82, 2.24) is 5.32 Å². The second-order valence-corrected chi connectivity index (χ2v) is 5.30. The molecule has 90 valence electrons.